The highest BCUT2D eigenvalue weighted by Gasteiger charge is 2.48. The molecule has 0 bridgehead atoms. The molecule has 0 saturated carbocycles. The first-order valence-corrected chi connectivity index (χ1v) is 13.3. The standard InChI is InChI=1S/C31H30FN5O3/c32-27-28(25-17-34-31-30(35-21-36-37(25)31)33-16-22-10-4-1-5-11-22)40-26(20-38-18-23-12-6-2-7-13-23)29(27)39-19-24-14-8-3-9-15-24/h1-15,17,21,26-29H,16,18-20H2,(H,33,35,36)/t26-,27-,28-,29-/m1/s1. The van der Waals surface area contributed by atoms with Gasteiger partial charge in [-0.05, 0) is 16.7 Å². The average Bonchev–Trinajstić information content (AvgIpc) is 3.57. The Kier molecular flexibility index (Phi) is 8.04. The van der Waals surface area contributed by atoms with Crippen molar-refractivity contribution in [2.45, 2.75) is 44.2 Å². The number of nitrogens with one attached hydrogen (secondary N) is 1. The molecule has 1 saturated heterocycles. The molecular formula is C31H30FN5O3. The second-order valence-corrected chi connectivity index (χ2v) is 9.67. The van der Waals surface area contributed by atoms with Gasteiger partial charge in [0.25, 0.3) is 0 Å². The van der Waals surface area contributed by atoms with Gasteiger partial charge in [0.1, 0.15) is 24.6 Å². The summed E-state index contributed by atoms with van der Waals surface area (Å²) >= 11 is 0. The summed E-state index contributed by atoms with van der Waals surface area (Å²) in [5.74, 6) is 0.554. The van der Waals surface area contributed by atoms with Gasteiger partial charge >= 0.3 is 0 Å². The van der Waals surface area contributed by atoms with E-state index in [-0.39, 0.29) is 13.2 Å². The number of fused-ring (bicyclic) bond motifs is 1. The molecule has 3 heterocycles. The van der Waals surface area contributed by atoms with Crippen LogP contribution >= 0.6 is 0 Å². The van der Waals surface area contributed by atoms with Crippen molar-refractivity contribution < 1.29 is 18.6 Å². The summed E-state index contributed by atoms with van der Waals surface area (Å²) < 4.78 is 36.0. The Labute approximate surface area is 231 Å². The Morgan fingerprint density at radius 3 is 2.17 bits per heavy atom. The third-order valence-corrected chi connectivity index (χ3v) is 6.89. The summed E-state index contributed by atoms with van der Waals surface area (Å²) in [6.45, 7) is 1.41. The first kappa shape index (κ1) is 26.1. The fourth-order valence-electron chi connectivity index (χ4n) is 4.85. The van der Waals surface area contributed by atoms with Crippen LogP contribution in [-0.4, -0.2) is 44.6 Å². The van der Waals surface area contributed by atoms with Crippen molar-refractivity contribution in [3.05, 3.63) is 126 Å². The summed E-state index contributed by atoms with van der Waals surface area (Å²) in [4.78, 5) is 8.87. The number of benzene rings is 3. The molecule has 9 heteroatoms. The van der Waals surface area contributed by atoms with Crippen LogP contribution in [0.2, 0.25) is 0 Å². The summed E-state index contributed by atoms with van der Waals surface area (Å²) in [6.07, 6.45) is -0.810. The van der Waals surface area contributed by atoms with Crippen molar-refractivity contribution >= 4 is 11.5 Å². The van der Waals surface area contributed by atoms with E-state index in [0.29, 0.717) is 30.3 Å². The Balaban J connectivity index is 1.20. The van der Waals surface area contributed by atoms with Crippen molar-refractivity contribution in [1.82, 2.24) is 19.6 Å². The second kappa shape index (κ2) is 12.3. The van der Waals surface area contributed by atoms with E-state index in [4.69, 9.17) is 14.2 Å². The van der Waals surface area contributed by atoms with Gasteiger partial charge in [-0.3, -0.25) is 0 Å². The van der Waals surface area contributed by atoms with Gasteiger partial charge < -0.3 is 19.5 Å². The number of ether oxygens (including phenoxy) is 3. The van der Waals surface area contributed by atoms with Gasteiger partial charge in [-0.1, -0.05) is 91.0 Å². The highest BCUT2D eigenvalue weighted by atomic mass is 19.1. The predicted molar refractivity (Wildman–Crippen MR) is 148 cm³/mol. The van der Waals surface area contributed by atoms with Gasteiger partial charge in [-0.2, -0.15) is 5.10 Å². The molecule has 0 unspecified atom stereocenters. The summed E-state index contributed by atoms with van der Waals surface area (Å²) in [6, 6.07) is 29.5. The zero-order chi connectivity index (χ0) is 27.1. The molecule has 204 valence electrons. The van der Waals surface area contributed by atoms with Crippen molar-refractivity contribution in [3.63, 3.8) is 0 Å². The van der Waals surface area contributed by atoms with Crippen molar-refractivity contribution in [1.29, 1.82) is 0 Å². The molecule has 0 spiro atoms. The molecule has 1 aliphatic heterocycles. The molecule has 5 aromatic rings. The van der Waals surface area contributed by atoms with E-state index >= 15 is 4.39 Å². The molecular weight excluding hydrogens is 509 g/mol. The zero-order valence-corrected chi connectivity index (χ0v) is 21.8. The molecule has 2 aromatic heterocycles. The van der Waals surface area contributed by atoms with Gasteiger partial charge in [0, 0.05) is 6.54 Å². The molecule has 0 amide bonds. The summed E-state index contributed by atoms with van der Waals surface area (Å²) in [7, 11) is 0. The molecule has 1 fully saturated rings. The van der Waals surface area contributed by atoms with E-state index in [2.05, 4.69) is 20.4 Å². The number of alkyl halides is 1. The normalized spacial score (nSPS) is 20.6. The minimum atomic E-state index is -1.45. The fourth-order valence-corrected chi connectivity index (χ4v) is 4.85. The number of hydrogen-bond acceptors (Lipinski definition) is 7. The smallest absolute Gasteiger partial charge is 0.197 e. The van der Waals surface area contributed by atoms with Crippen LogP contribution < -0.4 is 5.32 Å². The molecule has 3 aromatic carbocycles. The Bertz CT molecular complexity index is 1500. The highest BCUT2D eigenvalue weighted by molar-refractivity contribution is 5.62. The van der Waals surface area contributed by atoms with Crippen LogP contribution in [-0.2, 0) is 34.0 Å². The third kappa shape index (κ3) is 5.86. The van der Waals surface area contributed by atoms with Crippen LogP contribution in [0.15, 0.2) is 104 Å². The summed E-state index contributed by atoms with van der Waals surface area (Å²) in [5.41, 5.74) is 4.08. The number of anilines is 1. The summed E-state index contributed by atoms with van der Waals surface area (Å²) in [5, 5.41) is 7.67. The lowest BCUT2D eigenvalue weighted by molar-refractivity contribution is -0.0742. The van der Waals surface area contributed by atoms with Crippen LogP contribution in [0.1, 0.15) is 28.5 Å². The Morgan fingerprint density at radius 2 is 1.48 bits per heavy atom. The minimum Gasteiger partial charge on any atom is -0.374 e. The average molecular weight is 540 g/mol. The second-order valence-electron chi connectivity index (χ2n) is 9.67. The number of hydrogen-bond donors (Lipinski definition) is 1. The Hall–Kier alpha value is -4.18. The maximum atomic E-state index is 16.1. The maximum Gasteiger partial charge on any atom is 0.197 e. The third-order valence-electron chi connectivity index (χ3n) is 6.89. The van der Waals surface area contributed by atoms with Crippen LogP contribution in [0, 0.1) is 0 Å². The molecule has 4 atom stereocenters. The minimum absolute atomic E-state index is 0.181. The van der Waals surface area contributed by atoms with E-state index in [1.165, 1.54) is 6.33 Å². The number of imidazole rings is 1. The molecule has 40 heavy (non-hydrogen) atoms. The van der Waals surface area contributed by atoms with E-state index in [9.17, 15) is 0 Å². The van der Waals surface area contributed by atoms with E-state index < -0.39 is 24.5 Å². The van der Waals surface area contributed by atoms with Crippen LogP contribution in [0.3, 0.4) is 0 Å². The quantitative estimate of drug-likeness (QED) is 0.243. The number of aromatic nitrogens is 4. The van der Waals surface area contributed by atoms with Crippen molar-refractivity contribution in [2.24, 2.45) is 0 Å². The van der Waals surface area contributed by atoms with Gasteiger partial charge in [-0.15, -0.1) is 0 Å². The number of nitrogens with zero attached hydrogens (tertiary/aromatic N) is 4. The van der Waals surface area contributed by atoms with Crippen molar-refractivity contribution in [2.75, 3.05) is 11.9 Å². The lowest BCUT2D eigenvalue weighted by Gasteiger charge is -2.20. The van der Waals surface area contributed by atoms with Gasteiger partial charge in [-0.25, -0.2) is 18.9 Å². The van der Waals surface area contributed by atoms with Gasteiger partial charge in [0.2, 0.25) is 0 Å². The SMILES string of the molecule is F[C@H]1[C@H](OCc2ccccc2)[C@@H](COCc2ccccc2)O[C@@H]1c1cnc2c(NCc3ccccc3)ncnn12. The Morgan fingerprint density at radius 1 is 0.825 bits per heavy atom. The van der Waals surface area contributed by atoms with Gasteiger partial charge in [0.05, 0.1) is 31.7 Å². The molecule has 0 aliphatic carbocycles. The molecule has 1 aliphatic rings. The van der Waals surface area contributed by atoms with Crippen molar-refractivity contribution in [3.8, 4) is 0 Å². The largest absolute Gasteiger partial charge is 0.374 e. The van der Waals surface area contributed by atoms with E-state index in [1.807, 2.05) is 91.0 Å². The maximum absolute atomic E-state index is 16.1. The van der Waals surface area contributed by atoms with E-state index in [1.54, 1.807) is 10.7 Å². The molecule has 6 rings (SSSR count). The fraction of sp³-hybridized carbons (Fsp3) is 0.258. The van der Waals surface area contributed by atoms with Crippen LogP contribution in [0.4, 0.5) is 10.2 Å². The monoisotopic (exact) mass is 539 g/mol. The molecule has 0 radical (unpaired) electrons. The molecule has 8 nitrogen and oxygen atoms in total. The molecule has 1 N–H and O–H groups in total. The zero-order valence-electron chi connectivity index (χ0n) is 21.8. The topological polar surface area (TPSA) is 82.8 Å². The highest BCUT2D eigenvalue weighted by Crippen LogP contribution is 2.38. The first-order valence-electron chi connectivity index (χ1n) is 13.3. The number of rotatable bonds is 11. The number of halogens is 1. The predicted octanol–water partition coefficient (Wildman–Crippen LogP) is 5.32. The van der Waals surface area contributed by atoms with E-state index in [0.717, 1.165) is 16.7 Å². The van der Waals surface area contributed by atoms with Crippen LogP contribution in [0.25, 0.3) is 5.65 Å². The van der Waals surface area contributed by atoms with Crippen LogP contribution in [0.5, 0.6) is 0 Å². The lowest BCUT2D eigenvalue weighted by Crippen LogP contribution is -2.34. The van der Waals surface area contributed by atoms with Gasteiger partial charge in [0.15, 0.2) is 17.6 Å². The first-order chi connectivity index (χ1) is 19.8. The lowest BCUT2D eigenvalue weighted by atomic mass is 10.1.